The van der Waals surface area contributed by atoms with E-state index in [4.69, 9.17) is 9.73 Å². The summed E-state index contributed by atoms with van der Waals surface area (Å²) in [6.45, 7) is 8.74. The number of aliphatic imine (C=N–C) groups is 1. The van der Waals surface area contributed by atoms with Crippen molar-refractivity contribution in [2.75, 3.05) is 37.7 Å². The third-order valence-electron chi connectivity index (χ3n) is 3.99. The van der Waals surface area contributed by atoms with Crippen LogP contribution >= 0.6 is 24.0 Å². The van der Waals surface area contributed by atoms with Crippen molar-refractivity contribution in [2.24, 2.45) is 10.4 Å². The van der Waals surface area contributed by atoms with Gasteiger partial charge in [-0.25, -0.2) is 0 Å². The summed E-state index contributed by atoms with van der Waals surface area (Å²) in [4.78, 5) is 7.15. The van der Waals surface area contributed by atoms with Gasteiger partial charge in [-0.2, -0.15) is 0 Å². The van der Waals surface area contributed by atoms with Crippen molar-refractivity contribution < 1.29 is 4.74 Å². The lowest BCUT2D eigenvalue weighted by Crippen LogP contribution is -2.45. The van der Waals surface area contributed by atoms with Crippen LogP contribution in [-0.4, -0.2) is 38.8 Å². The largest absolute Gasteiger partial charge is 0.380 e. The SMILES string of the molecule is CCNC(=NCC1(C)COC1)N1CCc2ccccc21.I. The van der Waals surface area contributed by atoms with Crippen molar-refractivity contribution in [3.05, 3.63) is 29.8 Å². The van der Waals surface area contributed by atoms with Crippen molar-refractivity contribution in [2.45, 2.75) is 20.3 Å². The molecule has 0 aromatic heterocycles. The molecule has 2 heterocycles. The lowest BCUT2D eigenvalue weighted by Gasteiger charge is -2.37. The molecule has 0 aliphatic carbocycles. The van der Waals surface area contributed by atoms with E-state index in [2.05, 4.69) is 48.3 Å². The molecule has 4 nitrogen and oxygen atoms in total. The molecule has 1 aromatic carbocycles. The van der Waals surface area contributed by atoms with E-state index in [0.29, 0.717) is 0 Å². The first-order valence-electron chi connectivity index (χ1n) is 7.43. The quantitative estimate of drug-likeness (QED) is 0.481. The second kappa shape index (κ2) is 6.96. The Hall–Kier alpha value is -0.820. The molecule has 0 saturated carbocycles. The van der Waals surface area contributed by atoms with Gasteiger partial charge in [-0.3, -0.25) is 4.99 Å². The minimum Gasteiger partial charge on any atom is -0.380 e. The zero-order valence-electron chi connectivity index (χ0n) is 12.8. The number of hydrogen-bond acceptors (Lipinski definition) is 2. The first-order chi connectivity index (χ1) is 9.72. The maximum atomic E-state index is 5.31. The molecule has 1 saturated heterocycles. The first kappa shape index (κ1) is 16.5. The van der Waals surface area contributed by atoms with Crippen LogP contribution in [0.1, 0.15) is 19.4 Å². The van der Waals surface area contributed by atoms with E-state index in [1.807, 2.05) is 0 Å². The summed E-state index contributed by atoms with van der Waals surface area (Å²) in [5.74, 6) is 1.01. The van der Waals surface area contributed by atoms with E-state index in [0.717, 1.165) is 45.2 Å². The summed E-state index contributed by atoms with van der Waals surface area (Å²) < 4.78 is 5.31. The maximum Gasteiger partial charge on any atom is 0.198 e. The molecule has 5 heteroatoms. The van der Waals surface area contributed by atoms with Gasteiger partial charge >= 0.3 is 0 Å². The molecule has 0 atom stereocenters. The van der Waals surface area contributed by atoms with Crippen LogP contribution in [0.25, 0.3) is 0 Å². The number of rotatable bonds is 3. The van der Waals surface area contributed by atoms with Gasteiger partial charge in [-0.05, 0) is 25.0 Å². The van der Waals surface area contributed by atoms with Crippen molar-refractivity contribution in [3.63, 3.8) is 0 Å². The number of nitrogens with one attached hydrogen (secondary N) is 1. The van der Waals surface area contributed by atoms with Gasteiger partial charge in [0.05, 0.1) is 19.8 Å². The standard InChI is InChI=1S/C16H23N3O.HI/c1-3-17-15(18-10-16(2)11-20-12-16)19-9-8-13-6-4-5-7-14(13)19;/h4-7H,3,8-12H2,1-2H3,(H,17,18);1H. The number of halogens is 1. The summed E-state index contributed by atoms with van der Waals surface area (Å²) in [5.41, 5.74) is 2.93. The Kier molecular flexibility index (Phi) is 5.48. The predicted octanol–water partition coefficient (Wildman–Crippen LogP) is 2.67. The Morgan fingerprint density at radius 3 is 2.81 bits per heavy atom. The Labute approximate surface area is 144 Å². The van der Waals surface area contributed by atoms with Gasteiger partial charge in [0.25, 0.3) is 0 Å². The molecule has 0 amide bonds. The summed E-state index contributed by atoms with van der Waals surface area (Å²) in [7, 11) is 0. The highest BCUT2D eigenvalue weighted by Crippen LogP contribution is 2.29. The van der Waals surface area contributed by atoms with E-state index >= 15 is 0 Å². The van der Waals surface area contributed by atoms with Crippen LogP contribution in [0.2, 0.25) is 0 Å². The van der Waals surface area contributed by atoms with Gasteiger partial charge in [0, 0.05) is 24.2 Å². The van der Waals surface area contributed by atoms with Gasteiger partial charge in [-0.15, -0.1) is 24.0 Å². The molecule has 1 fully saturated rings. The summed E-state index contributed by atoms with van der Waals surface area (Å²) in [6.07, 6.45) is 1.10. The molecule has 21 heavy (non-hydrogen) atoms. The fourth-order valence-electron chi connectivity index (χ4n) is 2.76. The maximum absolute atomic E-state index is 5.31. The molecule has 1 aromatic rings. The molecule has 0 spiro atoms. The molecule has 2 aliphatic rings. The Balaban J connectivity index is 0.00000161. The van der Waals surface area contributed by atoms with Crippen LogP contribution in [0.3, 0.4) is 0 Å². The zero-order chi connectivity index (χ0) is 14.0. The number of hydrogen-bond donors (Lipinski definition) is 1. The monoisotopic (exact) mass is 401 g/mol. The average Bonchev–Trinajstić information content (AvgIpc) is 2.85. The summed E-state index contributed by atoms with van der Waals surface area (Å²) in [6, 6.07) is 8.60. The minimum atomic E-state index is 0. The molecule has 0 bridgehead atoms. The molecular formula is C16H24IN3O. The topological polar surface area (TPSA) is 36.9 Å². The lowest BCUT2D eigenvalue weighted by molar-refractivity contribution is -0.0945. The number of guanidine groups is 1. The van der Waals surface area contributed by atoms with Crippen LogP contribution in [0.5, 0.6) is 0 Å². The van der Waals surface area contributed by atoms with Crippen molar-refractivity contribution in [1.29, 1.82) is 0 Å². The van der Waals surface area contributed by atoms with E-state index in [9.17, 15) is 0 Å². The number of benzene rings is 1. The minimum absolute atomic E-state index is 0. The number of fused-ring (bicyclic) bond motifs is 1. The van der Waals surface area contributed by atoms with Gasteiger partial charge in [-0.1, -0.05) is 25.1 Å². The highest BCUT2D eigenvalue weighted by molar-refractivity contribution is 14.0. The van der Waals surface area contributed by atoms with Gasteiger partial charge in [0.2, 0.25) is 0 Å². The van der Waals surface area contributed by atoms with Crippen molar-refractivity contribution in [1.82, 2.24) is 5.32 Å². The normalized spacial score (nSPS) is 19.5. The first-order valence-corrected chi connectivity index (χ1v) is 7.43. The van der Waals surface area contributed by atoms with Crippen LogP contribution in [0.15, 0.2) is 29.3 Å². The van der Waals surface area contributed by atoms with Crippen molar-refractivity contribution in [3.8, 4) is 0 Å². The number of anilines is 1. The molecule has 1 N–H and O–H groups in total. The Bertz CT molecular complexity index is 514. The van der Waals surface area contributed by atoms with E-state index < -0.39 is 0 Å². The fraction of sp³-hybridized carbons (Fsp3) is 0.562. The van der Waals surface area contributed by atoms with Crippen LogP contribution in [0, 0.1) is 5.41 Å². The average molecular weight is 401 g/mol. The highest BCUT2D eigenvalue weighted by atomic mass is 127. The Morgan fingerprint density at radius 2 is 2.14 bits per heavy atom. The zero-order valence-corrected chi connectivity index (χ0v) is 15.1. The van der Waals surface area contributed by atoms with E-state index in [1.54, 1.807) is 0 Å². The molecule has 0 unspecified atom stereocenters. The molecule has 3 rings (SSSR count). The summed E-state index contributed by atoms with van der Waals surface area (Å²) in [5, 5.41) is 3.42. The molecule has 2 aliphatic heterocycles. The van der Waals surface area contributed by atoms with E-state index in [-0.39, 0.29) is 29.4 Å². The fourth-order valence-corrected chi connectivity index (χ4v) is 2.76. The lowest BCUT2D eigenvalue weighted by atomic mass is 9.89. The second-order valence-electron chi connectivity index (χ2n) is 6.00. The van der Waals surface area contributed by atoms with Crippen LogP contribution in [0.4, 0.5) is 5.69 Å². The molecule has 116 valence electrons. The number of para-hydroxylation sites is 1. The van der Waals surface area contributed by atoms with Crippen LogP contribution < -0.4 is 10.2 Å². The number of nitrogens with zero attached hydrogens (tertiary/aromatic N) is 2. The number of ether oxygens (including phenoxy) is 1. The van der Waals surface area contributed by atoms with E-state index in [1.165, 1.54) is 11.3 Å². The third-order valence-corrected chi connectivity index (χ3v) is 3.99. The van der Waals surface area contributed by atoms with Gasteiger partial charge < -0.3 is 15.0 Å². The smallest absolute Gasteiger partial charge is 0.198 e. The van der Waals surface area contributed by atoms with Crippen LogP contribution in [-0.2, 0) is 11.2 Å². The molecular weight excluding hydrogens is 377 g/mol. The van der Waals surface area contributed by atoms with Gasteiger partial charge in [0.1, 0.15) is 0 Å². The van der Waals surface area contributed by atoms with Crippen molar-refractivity contribution >= 4 is 35.6 Å². The highest BCUT2D eigenvalue weighted by Gasteiger charge is 2.33. The predicted molar refractivity (Wildman–Crippen MR) is 97.8 cm³/mol. The van der Waals surface area contributed by atoms with Gasteiger partial charge in [0.15, 0.2) is 5.96 Å². The third kappa shape index (κ3) is 3.51. The Morgan fingerprint density at radius 1 is 1.38 bits per heavy atom. The molecule has 0 radical (unpaired) electrons. The second-order valence-corrected chi connectivity index (χ2v) is 6.00. The summed E-state index contributed by atoms with van der Waals surface area (Å²) >= 11 is 0.